The molecule has 0 spiro atoms. The Hall–Kier alpha value is -0.920. The Bertz CT molecular complexity index is 643. The van der Waals surface area contributed by atoms with Crippen molar-refractivity contribution < 1.29 is 22.0 Å². The SMILES string of the molecule is O=C1CC(CS(=O)(=O)Cl)CN1c1c(F)cc(F)cc1Cl. The summed E-state index contributed by atoms with van der Waals surface area (Å²) in [4.78, 5) is 12.8. The third kappa shape index (κ3) is 3.39. The third-order valence-corrected chi connectivity index (χ3v) is 4.43. The molecule has 9 heteroatoms. The molecule has 1 unspecified atom stereocenters. The van der Waals surface area contributed by atoms with E-state index < -0.39 is 38.3 Å². The number of hydrogen-bond donors (Lipinski definition) is 0. The summed E-state index contributed by atoms with van der Waals surface area (Å²) in [6.45, 7) is -0.0347. The van der Waals surface area contributed by atoms with Crippen molar-refractivity contribution in [2.45, 2.75) is 6.42 Å². The minimum absolute atomic E-state index is 0.0347. The summed E-state index contributed by atoms with van der Waals surface area (Å²) in [5.74, 6) is -3.26. The van der Waals surface area contributed by atoms with Gasteiger partial charge in [-0.2, -0.15) is 0 Å². The molecule has 0 saturated carbocycles. The average molecular weight is 344 g/mol. The van der Waals surface area contributed by atoms with Crippen molar-refractivity contribution in [2.75, 3.05) is 17.2 Å². The van der Waals surface area contributed by atoms with Crippen LogP contribution in [0, 0.1) is 17.6 Å². The van der Waals surface area contributed by atoms with Gasteiger partial charge in [0.05, 0.1) is 16.5 Å². The second kappa shape index (κ2) is 5.46. The molecular weight excluding hydrogens is 335 g/mol. The molecule has 0 aromatic heterocycles. The van der Waals surface area contributed by atoms with Crippen LogP contribution in [0.3, 0.4) is 0 Å². The molecule has 1 aliphatic heterocycles. The van der Waals surface area contributed by atoms with Gasteiger partial charge in [-0.25, -0.2) is 17.2 Å². The summed E-state index contributed by atoms with van der Waals surface area (Å²) >= 11 is 5.74. The Labute approximate surface area is 123 Å². The summed E-state index contributed by atoms with van der Waals surface area (Å²) in [7, 11) is 1.37. The first-order chi connectivity index (χ1) is 9.17. The van der Waals surface area contributed by atoms with Crippen LogP contribution in [0.1, 0.15) is 6.42 Å². The lowest BCUT2D eigenvalue weighted by atomic mass is 10.1. The maximum absolute atomic E-state index is 13.7. The zero-order valence-corrected chi connectivity index (χ0v) is 12.3. The first-order valence-corrected chi connectivity index (χ1v) is 8.40. The van der Waals surface area contributed by atoms with Crippen molar-refractivity contribution in [2.24, 2.45) is 5.92 Å². The molecule has 0 bridgehead atoms. The number of carbonyl (C=O) groups is 1. The first-order valence-electron chi connectivity index (χ1n) is 5.54. The smallest absolute Gasteiger partial charge is 0.232 e. The predicted molar refractivity (Wildman–Crippen MR) is 71.5 cm³/mol. The van der Waals surface area contributed by atoms with E-state index in [0.717, 1.165) is 11.0 Å². The maximum atomic E-state index is 13.7. The number of carbonyl (C=O) groups excluding carboxylic acids is 1. The van der Waals surface area contributed by atoms with E-state index in [-0.39, 0.29) is 23.7 Å². The number of anilines is 1. The van der Waals surface area contributed by atoms with Crippen LogP contribution in [0.5, 0.6) is 0 Å². The standard InChI is InChI=1S/C11H9Cl2F2NO3S/c12-8-2-7(14)3-9(15)11(8)16-4-6(1-10(16)17)5-20(13,18)19/h2-3,6H,1,4-5H2. The van der Waals surface area contributed by atoms with Crippen molar-refractivity contribution >= 4 is 42.9 Å². The summed E-state index contributed by atoms with van der Waals surface area (Å²) in [5.41, 5.74) is -0.243. The second-order valence-corrected chi connectivity index (χ2v) is 7.73. The van der Waals surface area contributed by atoms with Gasteiger partial charge in [0.15, 0.2) is 5.82 Å². The van der Waals surface area contributed by atoms with Crippen molar-refractivity contribution in [1.82, 2.24) is 0 Å². The summed E-state index contributed by atoms with van der Waals surface area (Å²) in [5, 5.41) is -0.245. The number of amides is 1. The minimum atomic E-state index is -3.76. The van der Waals surface area contributed by atoms with E-state index >= 15 is 0 Å². The fraction of sp³-hybridized carbons (Fsp3) is 0.364. The number of hydrogen-bond acceptors (Lipinski definition) is 3. The quantitative estimate of drug-likeness (QED) is 0.792. The largest absolute Gasteiger partial charge is 0.308 e. The van der Waals surface area contributed by atoms with E-state index in [1.165, 1.54) is 0 Å². The number of benzene rings is 1. The topological polar surface area (TPSA) is 54.5 Å². The molecule has 20 heavy (non-hydrogen) atoms. The second-order valence-electron chi connectivity index (χ2n) is 4.50. The van der Waals surface area contributed by atoms with Gasteiger partial charge in [-0.1, -0.05) is 11.6 Å². The lowest BCUT2D eigenvalue weighted by Crippen LogP contribution is -2.26. The molecule has 1 saturated heterocycles. The Balaban J connectivity index is 2.29. The molecule has 1 aliphatic rings. The van der Waals surface area contributed by atoms with Crippen molar-refractivity contribution in [3.05, 3.63) is 28.8 Å². The van der Waals surface area contributed by atoms with Gasteiger partial charge in [0.25, 0.3) is 0 Å². The van der Waals surface area contributed by atoms with Crippen LogP contribution in [0.25, 0.3) is 0 Å². The van der Waals surface area contributed by atoms with E-state index in [2.05, 4.69) is 0 Å². The van der Waals surface area contributed by atoms with Crippen LogP contribution in [-0.4, -0.2) is 26.6 Å². The van der Waals surface area contributed by atoms with Crippen molar-refractivity contribution in [1.29, 1.82) is 0 Å². The van der Waals surface area contributed by atoms with Gasteiger partial charge in [-0.15, -0.1) is 0 Å². The average Bonchev–Trinajstić information content (AvgIpc) is 2.55. The highest BCUT2D eigenvalue weighted by Crippen LogP contribution is 2.34. The third-order valence-electron chi connectivity index (χ3n) is 2.89. The monoisotopic (exact) mass is 343 g/mol. The van der Waals surface area contributed by atoms with Gasteiger partial charge in [0, 0.05) is 35.6 Å². The summed E-state index contributed by atoms with van der Waals surface area (Å²) in [6.07, 6.45) is -0.0842. The van der Waals surface area contributed by atoms with Gasteiger partial charge in [-0.3, -0.25) is 4.79 Å². The minimum Gasteiger partial charge on any atom is -0.308 e. The normalized spacial score (nSPS) is 19.7. The zero-order chi connectivity index (χ0) is 15.1. The fourth-order valence-corrected chi connectivity index (χ4v) is 3.80. The first kappa shape index (κ1) is 15.5. The lowest BCUT2D eigenvalue weighted by molar-refractivity contribution is -0.117. The molecular formula is C11H9Cl2F2NO3S. The summed E-state index contributed by atoms with van der Waals surface area (Å²) < 4.78 is 48.7. The van der Waals surface area contributed by atoms with E-state index in [1.54, 1.807) is 0 Å². The Morgan fingerprint density at radius 1 is 1.35 bits per heavy atom. The molecule has 0 aliphatic carbocycles. The molecule has 1 heterocycles. The molecule has 0 N–H and O–H groups in total. The maximum Gasteiger partial charge on any atom is 0.232 e. The summed E-state index contributed by atoms with van der Waals surface area (Å²) in [6, 6.07) is 1.50. The number of nitrogens with zero attached hydrogens (tertiary/aromatic N) is 1. The van der Waals surface area contributed by atoms with Crippen LogP contribution >= 0.6 is 22.3 Å². The van der Waals surface area contributed by atoms with Crippen LogP contribution in [0.15, 0.2) is 12.1 Å². The molecule has 110 valence electrons. The molecule has 1 aromatic rings. The number of halogens is 4. The van der Waals surface area contributed by atoms with Crippen LogP contribution in [0.2, 0.25) is 5.02 Å². The molecule has 2 rings (SSSR count). The van der Waals surface area contributed by atoms with Gasteiger partial charge in [-0.05, 0) is 6.07 Å². The molecule has 1 amide bonds. The van der Waals surface area contributed by atoms with Crippen LogP contribution in [-0.2, 0) is 13.8 Å². The molecule has 4 nitrogen and oxygen atoms in total. The highest BCUT2D eigenvalue weighted by atomic mass is 35.7. The van der Waals surface area contributed by atoms with Crippen molar-refractivity contribution in [3.63, 3.8) is 0 Å². The highest BCUT2D eigenvalue weighted by Gasteiger charge is 2.35. The Morgan fingerprint density at radius 2 is 2.00 bits per heavy atom. The Morgan fingerprint density at radius 3 is 2.55 bits per heavy atom. The van der Waals surface area contributed by atoms with E-state index in [1.807, 2.05) is 0 Å². The lowest BCUT2D eigenvalue weighted by Gasteiger charge is -2.18. The van der Waals surface area contributed by atoms with E-state index in [9.17, 15) is 22.0 Å². The van der Waals surface area contributed by atoms with Crippen LogP contribution < -0.4 is 4.90 Å². The zero-order valence-electron chi connectivity index (χ0n) is 9.95. The highest BCUT2D eigenvalue weighted by molar-refractivity contribution is 8.13. The molecule has 1 atom stereocenters. The van der Waals surface area contributed by atoms with E-state index in [4.69, 9.17) is 22.3 Å². The fourth-order valence-electron chi connectivity index (χ4n) is 2.18. The Kier molecular flexibility index (Phi) is 4.22. The van der Waals surface area contributed by atoms with Crippen molar-refractivity contribution in [3.8, 4) is 0 Å². The number of rotatable bonds is 3. The van der Waals surface area contributed by atoms with Gasteiger partial charge < -0.3 is 4.90 Å². The van der Waals surface area contributed by atoms with E-state index in [0.29, 0.717) is 6.07 Å². The molecule has 1 fully saturated rings. The molecule has 0 radical (unpaired) electrons. The predicted octanol–water partition coefficient (Wildman–Crippen LogP) is 2.54. The van der Waals surface area contributed by atoms with Gasteiger partial charge >= 0.3 is 0 Å². The van der Waals surface area contributed by atoms with Gasteiger partial charge in [0.2, 0.25) is 15.0 Å². The van der Waals surface area contributed by atoms with Crippen LogP contribution in [0.4, 0.5) is 14.5 Å². The van der Waals surface area contributed by atoms with Gasteiger partial charge in [0.1, 0.15) is 5.82 Å². The molecule has 1 aromatic carbocycles.